The highest BCUT2D eigenvalue weighted by molar-refractivity contribution is 5.91. The zero-order valence-electron chi connectivity index (χ0n) is 14.3. The van der Waals surface area contributed by atoms with Gasteiger partial charge in [0, 0.05) is 5.56 Å². The molecule has 0 saturated carbocycles. The number of rotatable bonds is 2. The Hall–Kier alpha value is -2.29. The lowest BCUT2D eigenvalue weighted by molar-refractivity contribution is -0.662. The Morgan fingerprint density at radius 3 is 2.48 bits per heavy atom. The fraction of sp³-hybridized carbons (Fsp3) is 0.300. The van der Waals surface area contributed by atoms with Gasteiger partial charge in [0.05, 0.1) is 12.4 Å². The minimum absolute atomic E-state index is 0.157. The lowest BCUT2D eigenvalue weighted by atomic mass is 9.96. The van der Waals surface area contributed by atoms with Gasteiger partial charge in [0.25, 0.3) is 6.33 Å². The highest BCUT2D eigenvalue weighted by Crippen LogP contribution is 2.30. The van der Waals surface area contributed by atoms with Crippen LogP contribution in [0.5, 0.6) is 0 Å². The van der Waals surface area contributed by atoms with Gasteiger partial charge in [-0.15, -0.1) is 0 Å². The van der Waals surface area contributed by atoms with Gasteiger partial charge in [-0.25, -0.2) is 8.96 Å². The van der Waals surface area contributed by atoms with Crippen molar-refractivity contribution in [1.82, 2.24) is 4.98 Å². The number of nitrogens with zero attached hydrogens (tertiary/aromatic N) is 2. The van der Waals surface area contributed by atoms with Crippen LogP contribution in [0.2, 0.25) is 0 Å². The molecule has 0 aliphatic rings. The molecule has 0 aliphatic carbocycles. The van der Waals surface area contributed by atoms with Crippen LogP contribution in [0.25, 0.3) is 22.2 Å². The molecule has 0 aliphatic heterocycles. The van der Waals surface area contributed by atoms with Crippen LogP contribution in [-0.2, 0) is 7.05 Å². The van der Waals surface area contributed by atoms with Crippen LogP contribution < -0.4 is 4.57 Å². The minimum atomic E-state index is -0.157. The Balaban J connectivity index is 2.38. The highest BCUT2D eigenvalue weighted by Gasteiger charge is 2.18. The van der Waals surface area contributed by atoms with Crippen LogP contribution in [-0.4, -0.2) is 4.98 Å². The summed E-state index contributed by atoms with van der Waals surface area (Å²) < 4.78 is 15.9. The Morgan fingerprint density at radius 2 is 1.78 bits per heavy atom. The molecule has 0 N–H and O–H groups in total. The Labute approximate surface area is 136 Å². The fourth-order valence-corrected chi connectivity index (χ4v) is 2.98. The van der Waals surface area contributed by atoms with Gasteiger partial charge in [-0.3, -0.25) is 0 Å². The summed E-state index contributed by atoms with van der Waals surface area (Å²) in [6.07, 6.45) is 1.82. The molecule has 0 atom stereocenters. The van der Waals surface area contributed by atoms with Gasteiger partial charge in [0.2, 0.25) is 0 Å². The van der Waals surface area contributed by atoms with E-state index in [1.54, 1.807) is 13.0 Å². The molecular formula is C20H22FN2+. The molecule has 3 aromatic rings. The quantitative estimate of drug-likeness (QED) is 0.632. The SMILES string of the molecule is Cc1cc(-c2c3cc(C(C)C)ccc3nc[n+]2C)c(C)cc1F. The summed E-state index contributed by atoms with van der Waals surface area (Å²) in [5.41, 5.74) is 5.98. The van der Waals surface area contributed by atoms with Crippen LogP contribution in [0, 0.1) is 19.7 Å². The number of benzene rings is 2. The largest absolute Gasteiger partial charge is 0.287 e. The van der Waals surface area contributed by atoms with Crippen molar-refractivity contribution in [2.24, 2.45) is 7.05 Å². The molecule has 0 radical (unpaired) electrons. The molecule has 1 aromatic heterocycles. The first-order valence-electron chi connectivity index (χ1n) is 7.94. The molecule has 0 bridgehead atoms. The van der Waals surface area contributed by atoms with Crippen molar-refractivity contribution in [3.63, 3.8) is 0 Å². The van der Waals surface area contributed by atoms with Crippen LogP contribution in [0.15, 0.2) is 36.7 Å². The van der Waals surface area contributed by atoms with Gasteiger partial charge in [-0.1, -0.05) is 19.9 Å². The first-order valence-corrected chi connectivity index (χ1v) is 7.94. The predicted octanol–water partition coefficient (Wildman–Crippen LogP) is 4.61. The maximum Gasteiger partial charge on any atom is 0.287 e. The minimum Gasteiger partial charge on any atom is -0.232 e. The average Bonchev–Trinajstić information content (AvgIpc) is 2.51. The van der Waals surface area contributed by atoms with Gasteiger partial charge in [0.1, 0.15) is 11.5 Å². The number of fused-ring (bicyclic) bond motifs is 1. The zero-order chi connectivity index (χ0) is 16.7. The van der Waals surface area contributed by atoms with Gasteiger partial charge in [-0.05, 0) is 65.7 Å². The van der Waals surface area contributed by atoms with E-state index in [1.807, 2.05) is 30.9 Å². The Kier molecular flexibility index (Phi) is 3.88. The monoisotopic (exact) mass is 309 g/mol. The first kappa shape index (κ1) is 15.6. The van der Waals surface area contributed by atoms with Crippen LogP contribution in [0.4, 0.5) is 4.39 Å². The van der Waals surface area contributed by atoms with Gasteiger partial charge in [0.15, 0.2) is 5.52 Å². The number of hydrogen-bond acceptors (Lipinski definition) is 1. The van der Waals surface area contributed by atoms with Crippen molar-refractivity contribution in [3.8, 4) is 11.3 Å². The lowest BCUT2D eigenvalue weighted by Gasteiger charge is -2.12. The maximum absolute atomic E-state index is 13.8. The molecular weight excluding hydrogens is 287 g/mol. The van der Waals surface area contributed by atoms with Gasteiger partial charge >= 0.3 is 0 Å². The number of halogens is 1. The average molecular weight is 309 g/mol. The van der Waals surface area contributed by atoms with Crippen molar-refractivity contribution >= 4 is 10.9 Å². The van der Waals surface area contributed by atoms with Crippen molar-refractivity contribution < 1.29 is 8.96 Å². The molecule has 23 heavy (non-hydrogen) atoms. The summed E-state index contributed by atoms with van der Waals surface area (Å²) >= 11 is 0. The third-order valence-electron chi connectivity index (χ3n) is 4.43. The van der Waals surface area contributed by atoms with Gasteiger partial charge in [-0.2, -0.15) is 0 Å². The van der Waals surface area contributed by atoms with E-state index in [1.165, 1.54) is 5.56 Å². The summed E-state index contributed by atoms with van der Waals surface area (Å²) in [4.78, 5) is 4.53. The molecule has 0 fully saturated rings. The standard InChI is InChI=1S/C20H22FN2/c1-12(2)15-6-7-19-17(10-15)20(23(5)11-22-19)16-8-14(4)18(21)9-13(16)3/h6-12H,1-5H3/q+1. The van der Waals surface area contributed by atoms with E-state index < -0.39 is 0 Å². The normalized spacial score (nSPS) is 11.4. The molecule has 3 heteroatoms. The van der Waals surface area contributed by atoms with Crippen molar-refractivity contribution in [2.45, 2.75) is 33.6 Å². The first-order chi connectivity index (χ1) is 10.9. The molecule has 1 heterocycles. The third kappa shape index (κ3) is 2.72. The molecule has 0 unspecified atom stereocenters. The molecule has 2 nitrogen and oxygen atoms in total. The van der Waals surface area contributed by atoms with Gasteiger partial charge < -0.3 is 0 Å². The molecule has 0 spiro atoms. The zero-order valence-corrected chi connectivity index (χ0v) is 14.3. The number of aromatic nitrogens is 2. The highest BCUT2D eigenvalue weighted by atomic mass is 19.1. The van der Waals surface area contributed by atoms with Crippen molar-refractivity contribution in [1.29, 1.82) is 0 Å². The van der Waals surface area contributed by atoms with E-state index in [-0.39, 0.29) is 5.82 Å². The number of hydrogen-bond donors (Lipinski definition) is 0. The third-order valence-corrected chi connectivity index (χ3v) is 4.43. The second-order valence-corrected chi connectivity index (χ2v) is 6.55. The lowest BCUT2D eigenvalue weighted by Crippen LogP contribution is -2.32. The van der Waals surface area contributed by atoms with Crippen LogP contribution in [0.3, 0.4) is 0 Å². The summed E-state index contributed by atoms with van der Waals surface area (Å²) in [7, 11) is 1.99. The van der Waals surface area contributed by atoms with E-state index in [9.17, 15) is 4.39 Å². The predicted molar refractivity (Wildman–Crippen MR) is 91.9 cm³/mol. The summed E-state index contributed by atoms with van der Waals surface area (Å²) in [6, 6.07) is 9.96. The molecule has 3 rings (SSSR count). The van der Waals surface area contributed by atoms with E-state index in [2.05, 4.69) is 37.0 Å². The smallest absolute Gasteiger partial charge is 0.232 e. The summed E-state index contributed by atoms with van der Waals surface area (Å²) in [5, 5.41) is 1.11. The second kappa shape index (κ2) is 5.73. The molecule has 0 saturated heterocycles. The Bertz CT molecular complexity index is 898. The summed E-state index contributed by atoms with van der Waals surface area (Å²) in [6.45, 7) is 8.13. The van der Waals surface area contributed by atoms with E-state index in [0.29, 0.717) is 11.5 Å². The second-order valence-electron chi connectivity index (χ2n) is 6.55. The molecule has 2 aromatic carbocycles. The number of aryl methyl sites for hydroxylation is 3. The summed E-state index contributed by atoms with van der Waals surface area (Å²) in [5.74, 6) is 0.295. The van der Waals surface area contributed by atoms with E-state index in [0.717, 1.165) is 27.7 Å². The van der Waals surface area contributed by atoms with Crippen LogP contribution >= 0.6 is 0 Å². The Morgan fingerprint density at radius 1 is 1.04 bits per heavy atom. The van der Waals surface area contributed by atoms with Crippen LogP contribution in [0.1, 0.15) is 36.5 Å². The van der Waals surface area contributed by atoms with Crippen molar-refractivity contribution in [2.75, 3.05) is 0 Å². The van der Waals surface area contributed by atoms with Crippen molar-refractivity contribution in [3.05, 3.63) is 59.2 Å². The van der Waals surface area contributed by atoms with E-state index in [4.69, 9.17) is 0 Å². The van der Waals surface area contributed by atoms with E-state index >= 15 is 0 Å². The topological polar surface area (TPSA) is 16.8 Å². The molecule has 0 amide bonds. The molecule has 118 valence electrons. The fourth-order valence-electron chi connectivity index (χ4n) is 2.98. The maximum atomic E-state index is 13.8.